The van der Waals surface area contributed by atoms with Crippen LogP contribution in [0.25, 0.3) is 141 Å². The summed E-state index contributed by atoms with van der Waals surface area (Å²) in [6, 6.07) is 87.4. The van der Waals surface area contributed by atoms with E-state index in [1.165, 1.54) is 141 Å². The van der Waals surface area contributed by atoms with Gasteiger partial charge in [0.1, 0.15) is 0 Å². The van der Waals surface area contributed by atoms with Crippen molar-refractivity contribution in [2.75, 3.05) is 0 Å². The summed E-state index contributed by atoms with van der Waals surface area (Å²) in [6.07, 6.45) is 0. The number of rotatable bonds is 5. The summed E-state index contributed by atoms with van der Waals surface area (Å²) in [6.45, 7) is 4.87. The Kier molecular flexibility index (Phi) is 8.94. The first-order valence-corrected chi connectivity index (χ1v) is 27.2. The highest BCUT2D eigenvalue weighted by atomic mass is 31.1. The van der Waals surface area contributed by atoms with Crippen molar-refractivity contribution >= 4 is 100 Å². The van der Waals surface area contributed by atoms with Crippen molar-refractivity contribution < 1.29 is 0 Å². The largest absolute Gasteiger partial charge is 0.112 e. The second-order valence-electron chi connectivity index (χ2n) is 18.4. The Balaban J connectivity index is 1.20. The molecule has 318 valence electrons. The van der Waals surface area contributed by atoms with E-state index in [4.69, 9.17) is 0 Å². The molecule has 0 radical (unpaired) electrons. The van der Waals surface area contributed by atoms with E-state index in [2.05, 4.69) is 244 Å². The van der Waals surface area contributed by atoms with Crippen LogP contribution in [0.4, 0.5) is 0 Å². The average molecular weight is 899 g/mol. The van der Waals surface area contributed by atoms with Crippen LogP contribution in [-0.2, 0) is 13.3 Å². The molecule has 0 nitrogen and oxygen atoms in total. The normalized spacial score (nSPS) is 12.5. The fraction of sp³-hybridized carbons (Fsp3) is 0.0303. The van der Waals surface area contributed by atoms with Gasteiger partial charge in [0.2, 0.25) is 0 Å². The lowest BCUT2D eigenvalue weighted by molar-refractivity contribution is 1.64. The third-order valence-electron chi connectivity index (χ3n) is 15.0. The second kappa shape index (κ2) is 15.4. The lowest BCUT2D eigenvalue weighted by Gasteiger charge is -2.22. The van der Waals surface area contributed by atoms with Gasteiger partial charge in [0.25, 0.3) is 0 Å². The van der Waals surface area contributed by atoms with Crippen molar-refractivity contribution in [3.8, 4) is 55.6 Å². The van der Waals surface area contributed by atoms with Gasteiger partial charge >= 0.3 is 0 Å². The zero-order valence-electron chi connectivity index (χ0n) is 37.8. The smallest absolute Gasteiger partial charge is 0.00274 e. The van der Waals surface area contributed by atoms with Crippen molar-refractivity contribution in [1.29, 1.82) is 0 Å². The maximum absolute atomic E-state index is 2.56. The van der Waals surface area contributed by atoms with Crippen LogP contribution < -0.4 is 0 Å². The maximum atomic E-state index is 2.56. The molecule has 0 amide bonds. The van der Waals surface area contributed by atoms with E-state index in [0.29, 0.717) is 0 Å². The van der Waals surface area contributed by atoms with Gasteiger partial charge in [-0.1, -0.05) is 218 Å². The molecule has 0 spiro atoms. The molecule has 2 aromatic heterocycles. The van der Waals surface area contributed by atoms with Crippen LogP contribution in [0.2, 0.25) is 0 Å². The summed E-state index contributed by atoms with van der Waals surface area (Å²) in [5.41, 5.74) is 12.6. The van der Waals surface area contributed by atoms with Gasteiger partial charge in [-0.15, -0.1) is 15.1 Å². The number of benzene rings is 12. The van der Waals surface area contributed by atoms with Crippen molar-refractivity contribution in [1.82, 2.24) is 0 Å². The predicted molar refractivity (Wildman–Crippen MR) is 301 cm³/mol. The highest BCUT2D eigenvalue weighted by Gasteiger charge is 2.24. The molecule has 12 aromatic carbocycles. The molecule has 2 heterocycles. The summed E-state index contributed by atoms with van der Waals surface area (Å²) in [5.74, 6) is 0. The van der Waals surface area contributed by atoms with E-state index in [-0.39, 0.29) is 0 Å². The minimum atomic E-state index is -0.464. The summed E-state index contributed by atoms with van der Waals surface area (Å²) in [7, 11) is -0.927. The molecule has 0 N–H and O–H groups in total. The van der Waals surface area contributed by atoms with E-state index in [9.17, 15) is 0 Å². The fourth-order valence-electron chi connectivity index (χ4n) is 11.9. The van der Waals surface area contributed by atoms with Gasteiger partial charge in [0, 0.05) is 31.2 Å². The first kappa shape index (κ1) is 39.4. The molecular weight excluding hydrogens is 855 g/mol. The highest BCUT2D eigenvalue weighted by Crippen LogP contribution is 2.55. The van der Waals surface area contributed by atoms with Crippen molar-refractivity contribution in [2.45, 2.75) is 0 Å². The number of aryl methyl sites for hydroxylation is 2. The van der Waals surface area contributed by atoms with Crippen LogP contribution >= 0.6 is 15.1 Å². The van der Waals surface area contributed by atoms with Crippen molar-refractivity contribution in [2.24, 2.45) is 13.3 Å². The maximum Gasteiger partial charge on any atom is 0.00274 e. The van der Waals surface area contributed by atoms with Crippen LogP contribution in [0.3, 0.4) is 0 Å². The lowest BCUT2D eigenvalue weighted by atomic mass is 9.81. The molecule has 0 aliphatic carbocycles. The van der Waals surface area contributed by atoms with Gasteiger partial charge in [-0.3, -0.25) is 0 Å². The minimum Gasteiger partial charge on any atom is -0.112 e. The Hall–Kier alpha value is -7.72. The predicted octanol–water partition coefficient (Wildman–Crippen LogP) is 20.3. The average Bonchev–Trinajstić information content (AvgIpc) is 3.87. The first-order chi connectivity index (χ1) is 33.6. The molecule has 0 saturated heterocycles. The third kappa shape index (κ3) is 5.76. The minimum absolute atomic E-state index is 0.464. The zero-order valence-corrected chi connectivity index (χ0v) is 39.6. The Labute approximate surface area is 397 Å². The van der Waals surface area contributed by atoms with E-state index < -0.39 is 15.1 Å². The van der Waals surface area contributed by atoms with Gasteiger partial charge in [-0.25, -0.2) is 0 Å². The Morgan fingerprint density at radius 1 is 0.221 bits per heavy atom. The molecule has 68 heavy (non-hydrogen) atoms. The zero-order chi connectivity index (χ0) is 45.0. The van der Waals surface area contributed by atoms with Gasteiger partial charge < -0.3 is 0 Å². The summed E-state index contributed by atoms with van der Waals surface area (Å²) < 4.78 is 0. The Morgan fingerprint density at radius 3 is 0.926 bits per heavy atom. The molecule has 2 atom stereocenters. The van der Waals surface area contributed by atoms with Crippen molar-refractivity contribution in [3.63, 3.8) is 0 Å². The van der Waals surface area contributed by atoms with Crippen LogP contribution in [0.15, 0.2) is 231 Å². The molecule has 14 aromatic rings. The lowest BCUT2D eigenvalue weighted by Crippen LogP contribution is -1.94. The molecule has 2 heteroatoms. The van der Waals surface area contributed by atoms with Crippen LogP contribution in [0.5, 0.6) is 0 Å². The molecule has 0 saturated carbocycles. The summed E-state index contributed by atoms with van der Waals surface area (Å²) >= 11 is 0. The molecule has 14 rings (SSSR count). The first-order valence-electron chi connectivity index (χ1n) is 23.6. The monoisotopic (exact) mass is 898 g/mol. The molecule has 0 aliphatic heterocycles. The van der Waals surface area contributed by atoms with E-state index in [1.54, 1.807) is 0 Å². The summed E-state index contributed by atoms with van der Waals surface area (Å²) in [5, 5.41) is 21.5. The van der Waals surface area contributed by atoms with E-state index >= 15 is 0 Å². The van der Waals surface area contributed by atoms with E-state index in [1.807, 2.05) is 0 Å². The molecule has 0 aliphatic rings. The van der Waals surface area contributed by atoms with E-state index in [0.717, 1.165) is 0 Å². The third-order valence-corrected chi connectivity index (χ3v) is 19.4. The number of hydrogen-bond acceptors (Lipinski definition) is 0. The molecule has 0 fully saturated rings. The quantitative estimate of drug-likeness (QED) is 0.151. The topological polar surface area (TPSA) is 0 Å². The second-order valence-corrected chi connectivity index (χ2v) is 22.6. The summed E-state index contributed by atoms with van der Waals surface area (Å²) in [4.78, 5) is 0. The molecule has 2 unspecified atom stereocenters. The highest BCUT2D eigenvalue weighted by molar-refractivity contribution is 7.60. The fourth-order valence-corrected chi connectivity index (χ4v) is 16.0. The van der Waals surface area contributed by atoms with Gasteiger partial charge in [0.05, 0.1) is 0 Å². The van der Waals surface area contributed by atoms with Gasteiger partial charge in [-0.2, -0.15) is 0 Å². The van der Waals surface area contributed by atoms with Crippen molar-refractivity contribution in [3.05, 3.63) is 231 Å². The van der Waals surface area contributed by atoms with Gasteiger partial charge in [0.15, 0.2) is 0 Å². The van der Waals surface area contributed by atoms with Crippen LogP contribution in [-0.4, -0.2) is 0 Å². The molecule has 0 bridgehead atoms. The SMILES string of the molecule is Cp1c2ccccc2c2c(-c3cccc4c(-c5c6cccc(-c7ccccc7)c6cc6c(-c7ccccc7)cccc56)c5cccc(-c6cccc7c6c6ccccc6p7C)c5cc34)cccc21. The molecular formula is C66H44P2. The van der Waals surface area contributed by atoms with Crippen LogP contribution in [0.1, 0.15) is 0 Å². The Bertz CT molecular complexity index is 4100. The van der Waals surface area contributed by atoms with Gasteiger partial charge in [-0.05, 0) is 135 Å². The van der Waals surface area contributed by atoms with Crippen LogP contribution in [0, 0.1) is 0 Å². The number of fused-ring (bicyclic) bond motifs is 10. The standard InChI is InChI=1S/C66H44P2/c1-67-59-35-11-9-23-53(59)63-47(33-17-37-61(63)67)45-27-15-31-51-57(45)40-58-46(48-34-18-38-62-64(48)54-24-10-12-36-60(54)68(62)2)28-16-32-52(58)66(51)65-49-29-13-25-43(41-19-5-3-6-20-41)55(49)39-56-44(26-14-30-50(56)65)42-21-7-4-8-22-42/h3-40H,1-2H3. The Morgan fingerprint density at radius 2 is 0.515 bits per heavy atom. The number of hydrogen-bond donors (Lipinski definition) is 0.